The Balaban J connectivity index is 1.65. The molecule has 5 nitrogen and oxygen atoms in total. The van der Waals surface area contributed by atoms with Crippen molar-refractivity contribution in [3.63, 3.8) is 0 Å². The number of hydrogen-bond donors (Lipinski definition) is 1. The van der Waals surface area contributed by atoms with Gasteiger partial charge in [0.2, 0.25) is 10.0 Å². The van der Waals surface area contributed by atoms with Crippen LogP contribution in [0.2, 0.25) is 0 Å². The molecule has 1 saturated heterocycles. The molecule has 1 fully saturated rings. The Morgan fingerprint density at radius 1 is 1.04 bits per heavy atom. The number of nitrogens with one attached hydrogen (secondary N) is 1. The Morgan fingerprint density at radius 2 is 1.64 bits per heavy atom. The van der Waals surface area contributed by atoms with Crippen LogP contribution >= 0.6 is 0 Å². The fourth-order valence-corrected chi connectivity index (χ4v) is 5.09. The summed E-state index contributed by atoms with van der Waals surface area (Å²) in [5, 5.41) is 3.07. The second kappa shape index (κ2) is 8.88. The molecule has 0 aromatic heterocycles. The van der Waals surface area contributed by atoms with Gasteiger partial charge in [-0.3, -0.25) is 4.79 Å². The number of carbonyl (C=O) groups excluding carboxylic acids is 1. The number of sulfonamides is 1. The first-order valence-corrected chi connectivity index (χ1v) is 11.4. The number of benzene rings is 2. The van der Waals surface area contributed by atoms with Gasteiger partial charge in [0.1, 0.15) is 0 Å². The molecular formula is C22H28N2O3S. The fraction of sp³-hybridized carbons (Fsp3) is 0.409. The first-order chi connectivity index (χ1) is 13.4. The minimum atomic E-state index is -3.28. The van der Waals surface area contributed by atoms with E-state index < -0.39 is 10.0 Å². The van der Waals surface area contributed by atoms with Gasteiger partial charge in [0.25, 0.3) is 5.91 Å². The summed E-state index contributed by atoms with van der Waals surface area (Å²) < 4.78 is 26.4. The van der Waals surface area contributed by atoms with Crippen molar-refractivity contribution in [2.24, 2.45) is 0 Å². The van der Waals surface area contributed by atoms with E-state index in [1.807, 2.05) is 38.1 Å². The Bertz CT molecular complexity index is 900. The topological polar surface area (TPSA) is 66.5 Å². The van der Waals surface area contributed by atoms with Crippen molar-refractivity contribution in [2.75, 3.05) is 13.1 Å². The van der Waals surface area contributed by atoms with E-state index in [2.05, 4.69) is 5.32 Å². The van der Waals surface area contributed by atoms with Crippen LogP contribution in [0, 0.1) is 6.92 Å². The molecule has 2 aromatic carbocycles. The SMILES string of the molecule is CC[C@@H](NC(=O)c1ccc(CS(=O)(=O)N2CCCC2)cc1)c1ccc(C)cc1. The third-order valence-electron chi connectivity index (χ3n) is 5.22. The lowest BCUT2D eigenvalue weighted by Gasteiger charge is -2.18. The zero-order chi connectivity index (χ0) is 20.1. The lowest BCUT2D eigenvalue weighted by Crippen LogP contribution is -2.29. The van der Waals surface area contributed by atoms with E-state index in [4.69, 9.17) is 0 Å². The summed E-state index contributed by atoms with van der Waals surface area (Å²) in [7, 11) is -3.28. The zero-order valence-corrected chi connectivity index (χ0v) is 17.3. The molecule has 150 valence electrons. The van der Waals surface area contributed by atoms with Gasteiger partial charge in [-0.25, -0.2) is 12.7 Å². The average Bonchev–Trinajstić information content (AvgIpc) is 3.23. The molecule has 0 bridgehead atoms. The third-order valence-corrected chi connectivity index (χ3v) is 7.07. The summed E-state index contributed by atoms with van der Waals surface area (Å²) >= 11 is 0. The van der Waals surface area contributed by atoms with Crippen molar-refractivity contribution in [2.45, 2.75) is 44.9 Å². The van der Waals surface area contributed by atoms with E-state index in [1.165, 1.54) is 5.56 Å². The molecule has 0 radical (unpaired) electrons. The molecule has 1 N–H and O–H groups in total. The fourth-order valence-electron chi connectivity index (χ4n) is 3.48. The van der Waals surface area contributed by atoms with Crippen molar-refractivity contribution in [1.29, 1.82) is 0 Å². The maximum atomic E-state index is 12.6. The van der Waals surface area contributed by atoms with E-state index in [1.54, 1.807) is 28.6 Å². The highest BCUT2D eigenvalue weighted by Gasteiger charge is 2.25. The predicted octanol–water partition coefficient (Wildman–Crippen LogP) is 3.80. The molecule has 2 aromatic rings. The van der Waals surface area contributed by atoms with Gasteiger partial charge >= 0.3 is 0 Å². The summed E-state index contributed by atoms with van der Waals surface area (Å²) in [6.45, 7) is 5.30. The van der Waals surface area contributed by atoms with E-state index in [0.717, 1.165) is 24.8 Å². The van der Waals surface area contributed by atoms with Gasteiger partial charge in [-0.1, -0.05) is 48.9 Å². The van der Waals surface area contributed by atoms with Crippen molar-refractivity contribution in [3.05, 3.63) is 70.8 Å². The Labute approximate surface area is 167 Å². The Morgan fingerprint density at radius 3 is 2.21 bits per heavy atom. The van der Waals surface area contributed by atoms with Gasteiger partial charge in [-0.2, -0.15) is 0 Å². The van der Waals surface area contributed by atoms with Crippen LogP contribution in [-0.4, -0.2) is 31.7 Å². The molecule has 28 heavy (non-hydrogen) atoms. The molecule has 1 aliphatic heterocycles. The van der Waals surface area contributed by atoms with E-state index >= 15 is 0 Å². The van der Waals surface area contributed by atoms with Crippen LogP contribution in [0.3, 0.4) is 0 Å². The number of amides is 1. The molecular weight excluding hydrogens is 372 g/mol. The molecule has 1 aliphatic rings. The van der Waals surface area contributed by atoms with Gasteiger partial charge in [-0.05, 0) is 49.4 Å². The van der Waals surface area contributed by atoms with Gasteiger partial charge in [0, 0.05) is 18.7 Å². The van der Waals surface area contributed by atoms with E-state index in [0.29, 0.717) is 24.2 Å². The molecule has 0 spiro atoms. The number of nitrogens with zero attached hydrogens (tertiary/aromatic N) is 1. The van der Waals surface area contributed by atoms with Crippen LogP contribution < -0.4 is 5.32 Å². The van der Waals surface area contributed by atoms with Crippen LogP contribution in [0.5, 0.6) is 0 Å². The highest BCUT2D eigenvalue weighted by atomic mass is 32.2. The van der Waals surface area contributed by atoms with Crippen LogP contribution in [0.15, 0.2) is 48.5 Å². The highest BCUT2D eigenvalue weighted by Crippen LogP contribution is 2.20. The summed E-state index contributed by atoms with van der Waals surface area (Å²) in [6, 6.07) is 15.0. The number of aryl methyl sites for hydroxylation is 1. The largest absolute Gasteiger partial charge is 0.345 e. The van der Waals surface area contributed by atoms with Crippen molar-refractivity contribution < 1.29 is 13.2 Å². The standard InChI is InChI=1S/C22H28N2O3S/c1-3-21(19-10-6-17(2)7-11-19)23-22(25)20-12-8-18(9-13-20)16-28(26,27)24-14-4-5-15-24/h6-13,21H,3-5,14-16H2,1-2H3,(H,23,25)/t21-/m1/s1. The number of rotatable bonds is 7. The molecule has 1 atom stereocenters. The van der Waals surface area contributed by atoms with Crippen LogP contribution in [0.4, 0.5) is 0 Å². The van der Waals surface area contributed by atoms with Crippen molar-refractivity contribution in [1.82, 2.24) is 9.62 Å². The monoisotopic (exact) mass is 400 g/mol. The van der Waals surface area contributed by atoms with Crippen LogP contribution in [-0.2, 0) is 15.8 Å². The molecule has 0 aliphatic carbocycles. The minimum Gasteiger partial charge on any atom is -0.345 e. The molecule has 3 rings (SSSR count). The summed E-state index contributed by atoms with van der Waals surface area (Å²) in [6.07, 6.45) is 2.65. The normalized spacial score (nSPS) is 16.1. The van der Waals surface area contributed by atoms with Crippen molar-refractivity contribution >= 4 is 15.9 Å². The number of hydrogen-bond acceptors (Lipinski definition) is 3. The van der Waals surface area contributed by atoms with Gasteiger partial charge in [-0.15, -0.1) is 0 Å². The highest BCUT2D eigenvalue weighted by molar-refractivity contribution is 7.88. The number of carbonyl (C=O) groups is 1. The smallest absolute Gasteiger partial charge is 0.251 e. The second-order valence-electron chi connectivity index (χ2n) is 7.40. The van der Waals surface area contributed by atoms with E-state index in [-0.39, 0.29) is 17.7 Å². The summed E-state index contributed by atoms with van der Waals surface area (Å²) in [4.78, 5) is 12.6. The van der Waals surface area contributed by atoms with Crippen LogP contribution in [0.1, 0.15) is 59.3 Å². The Kier molecular flexibility index (Phi) is 6.52. The minimum absolute atomic E-state index is 0.0180. The maximum Gasteiger partial charge on any atom is 0.251 e. The summed E-state index contributed by atoms with van der Waals surface area (Å²) in [5.41, 5.74) is 3.50. The molecule has 6 heteroatoms. The van der Waals surface area contributed by atoms with Crippen LogP contribution in [0.25, 0.3) is 0 Å². The molecule has 1 heterocycles. The molecule has 0 saturated carbocycles. The third kappa shape index (κ3) is 5.00. The van der Waals surface area contributed by atoms with Gasteiger partial charge < -0.3 is 5.32 Å². The first-order valence-electron chi connectivity index (χ1n) is 9.83. The Hall–Kier alpha value is -2.18. The molecule has 0 unspecified atom stereocenters. The van der Waals surface area contributed by atoms with Crippen molar-refractivity contribution in [3.8, 4) is 0 Å². The van der Waals surface area contributed by atoms with Gasteiger partial charge in [0.15, 0.2) is 0 Å². The first kappa shape index (κ1) is 20.6. The quantitative estimate of drug-likeness (QED) is 0.769. The average molecular weight is 401 g/mol. The lowest BCUT2D eigenvalue weighted by atomic mass is 10.0. The lowest BCUT2D eigenvalue weighted by molar-refractivity contribution is 0.0935. The summed E-state index contributed by atoms with van der Waals surface area (Å²) in [5.74, 6) is -0.170. The zero-order valence-electron chi connectivity index (χ0n) is 16.5. The maximum absolute atomic E-state index is 12.6. The predicted molar refractivity (Wildman–Crippen MR) is 112 cm³/mol. The van der Waals surface area contributed by atoms with E-state index in [9.17, 15) is 13.2 Å². The molecule has 1 amide bonds. The second-order valence-corrected chi connectivity index (χ2v) is 9.37. The van der Waals surface area contributed by atoms with Gasteiger partial charge in [0.05, 0.1) is 11.8 Å².